The molecule has 0 aliphatic carbocycles. The van der Waals surface area contributed by atoms with Crippen molar-refractivity contribution in [3.05, 3.63) is 42.5 Å². The van der Waals surface area contributed by atoms with Gasteiger partial charge in [0.15, 0.2) is 0 Å². The number of hydrogen-bond acceptors (Lipinski definition) is 1. The van der Waals surface area contributed by atoms with Gasteiger partial charge in [-0.25, -0.2) is 0 Å². The van der Waals surface area contributed by atoms with E-state index in [1.165, 1.54) is 10.8 Å². The molecule has 0 bridgehead atoms. The second-order valence-electron chi connectivity index (χ2n) is 3.28. The van der Waals surface area contributed by atoms with Gasteiger partial charge in [0.1, 0.15) is 5.75 Å². The molecule has 0 heterocycles. The summed E-state index contributed by atoms with van der Waals surface area (Å²) < 4.78 is 5.55. The summed E-state index contributed by atoms with van der Waals surface area (Å²) in [4.78, 5) is 0. The van der Waals surface area contributed by atoms with E-state index in [-0.39, 0.29) is 40.0 Å². The van der Waals surface area contributed by atoms with E-state index in [2.05, 4.69) is 25.1 Å². The molecule has 1 nitrogen and oxygen atoms in total. The first-order valence-corrected chi connectivity index (χ1v) is 4.93. The van der Waals surface area contributed by atoms with Crippen molar-refractivity contribution in [2.75, 3.05) is 6.61 Å². The molecule has 0 unspecified atom stereocenters. The standard InChI is InChI=1S/C13H13O.BrH.Mg/c1-2-9-14-13-8-7-11-5-3-4-6-12(11)10-13;;/h4-8,10H,2,9H2,1H3;1H;/q-1;;+2/p-1. The Hall–Kier alpha value is -0.254. The number of hydrogen-bond donors (Lipinski definition) is 0. The smallest absolute Gasteiger partial charge is 1.00 e. The molecule has 0 N–H and O–H groups in total. The van der Waals surface area contributed by atoms with Crippen molar-refractivity contribution in [2.24, 2.45) is 0 Å². The van der Waals surface area contributed by atoms with Gasteiger partial charge in [0, 0.05) is 0 Å². The first kappa shape index (κ1) is 15.7. The molecule has 2 aromatic carbocycles. The Balaban J connectivity index is 0.00000112. The predicted molar refractivity (Wildman–Crippen MR) is 64.3 cm³/mol. The Labute approximate surface area is 123 Å². The Morgan fingerprint density at radius 2 is 2.00 bits per heavy atom. The number of fused-ring (bicyclic) bond motifs is 1. The maximum absolute atomic E-state index is 5.55. The van der Waals surface area contributed by atoms with E-state index < -0.39 is 0 Å². The summed E-state index contributed by atoms with van der Waals surface area (Å²) in [5.41, 5.74) is 0. The number of benzene rings is 2. The average Bonchev–Trinajstić information content (AvgIpc) is 2.26. The van der Waals surface area contributed by atoms with Crippen LogP contribution in [-0.2, 0) is 0 Å². The number of ether oxygens (including phenoxy) is 1. The molecule has 3 heteroatoms. The fourth-order valence-corrected chi connectivity index (χ4v) is 1.41. The van der Waals surface area contributed by atoms with E-state index in [1.54, 1.807) is 0 Å². The maximum atomic E-state index is 5.55. The van der Waals surface area contributed by atoms with Gasteiger partial charge in [-0.05, 0) is 18.6 Å². The average molecular weight is 289 g/mol. The third-order valence-electron chi connectivity index (χ3n) is 2.13. The van der Waals surface area contributed by atoms with Crippen LogP contribution in [-0.4, -0.2) is 29.7 Å². The Morgan fingerprint density at radius 1 is 1.19 bits per heavy atom. The monoisotopic (exact) mass is 288 g/mol. The van der Waals surface area contributed by atoms with E-state index in [9.17, 15) is 0 Å². The van der Waals surface area contributed by atoms with Crippen LogP contribution >= 0.6 is 0 Å². The topological polar surface area (TPSA) is 9.23 Å². The molecule has 2 rings (SSSR count). The van der Waals surface area contributed by atoms with Gasteiger partial charge in [0.25, 0.3) is 0 Å². The van der Waals surface area contributed by atoms with Crippen molar-refractivity contribution in [1.29, 1.82) is 0 Å². The molecule has 0 saturated heterocycles. The molecular formula is C13H13BrMgO. The SMILES string of the molecule is CCCOc1ccc2c[c-]ccc2c1.[Br-].[Mg+2]. The van der Waals surface area contributed by atoms with E-state index in [0.717, 1.165) is 18.8 Å². The van der Waals surface area contributed by atoms with E-state index in [0.29, 0.717) is 0 Å². The van der Waals surface area contributed by atoms with Crippen molar-refractivity contribution >= 4 is 33.8 Å². The normalized spacial score (nSPS) is 9.06. The summed E-state index contributed by atoms with van der Waals surface area (Å²) in [5.74, 6) is 0.950. The summed E-state index contributed by atoms with van der Waals surface area (Å²) in [7, 11) is 0. The zero-order chi connectivity index (χ0) is 9.80. The molecule has 2 aromatic rings. The van der Waals surface area contributed by atoms with Crippen molar-refractivity contribution in [2.45, 2.75) is 13.3 Å². The quantitative estimate of drug-likeness (QED) is 0.573. The minimum Gasteiger partial charge on any atom is -1.00 e. The summed E-state index contributed by atoms with van der Waals surface area (Å²) in [5, 5.41) is 2.41. The zero-order valence-corrected chi connectivity index (χ0v) is 12.4. The first-order valence-electron chi connectivity index (χ1n) is 4.93. The summed E-state index contributed by atoms with van der Waals surface area (Å²) >= 11 is 0. The number of halogens is 1. The van der Waals surface area contributed by atoms with Crippen LogP contribution in [0.15, 0.2) is 36.4 Å². The number of rotatable bonds is 3. The van der Waals surface area contributed by atoms with Gasteiger partial charge in [-0.1, -0.05) is 6.92 Å². The zero-order valence-electron chi connectivity index (χ0n) is 9.37. The fraction of sp³-hybridized carbons (Fsp3) is 0.231. The molecule has 0 fully saturated rings. The molecule has 0 saturated carbocycles. The van der Waals surface area contributed by atoms with Gasteiger partial charge in [-0.3, -0.25) is 0 Å². The van der Waals surface area contributed by atoms with Crippen molar-refractivity contribution in [1.82, 2.24) is 0 Å². The molecule has 0 spiro atoms. The van der Waals surface area contributed by atoms with Crippen LogP contribution in [0.25, 0.3) is 10.8 Å². The summed E-state index contributed by atoms with van der Waals surface area (Å²) in [6, 6.07) is 15.2. The van der Waals surface area contributed by atoms with Gasteiger partial charge < -0.3 is 21.7 Å². The minimum atomic E-state index is 0. The molecule has 0 aliphatic rings. The van der Waals surface area contributed by atoms with Crippen LogP contribution in [0, 0.1) is 6.07 Å². The Bertz CT molecular complexity index is 431. The van der Waals surface area contributed by atoms with Crippen molar-refractivity contribution in [3.8, 4) is 5.75 Å². The summed E-state index contributed by atoms with van der Waals surface area (Å²) in [6.45, 7) is 2.89. The maximum Gasteiger partial charge on any atom is 2.00 e. The first-order chi connectivity index (χ1) is 6.90. The molecule has 16 heavy (non-hydrogen) atoms. The van der Waals surface area contributed by atoms with Gasteiger partial charge >= 0.3 is 23.1 Å². The fourth-order valence-electron chi connectivity index (χ4n) is 1.41. The third-order valence-corrected chi connectivity index (χ3v) is 2.13. The molecule has 0 atom stereocenters. The molecular weight excluding hydrogens is 276 g/mol. The van der Waals surface area contributed by atoms with Gasteiger partial charge in [0.05, 0.1) is 6.61 Å². The summed E-state index contributed by atoms with van der Waals surface area (Å²) in [6.07, 6.45) is 1.04. The molecule has 80 valence electrons. The van der Waals surface area contributed by atoms with Crippen LogP contribution in [0.5, 0.6) is 5.75 Å². The second kappa shape index (κ2) is 7.93. The van der Waals surface area contributed by atoms with Crippen LogP contribution in [0.3, 0.4) is 0 Å². The van der Waals surface area contributed by atoms with Gasteiger partial charge in [-0.2, -0.15) is 24.3 Å². The van der Waals surface area contributed by atoms with Crippen molar-refractivity contribution in [3.63, 3.8) is 0 Å². The predicted octanol–water partition coefficient (Wildman–Crippen LogP) is 0.0520. The van der Waals surface area contributed by atoms with Crippen LogP contribution < -0.4 is 21.7 Å². The Kier molecular flexibility index (Phi) is 7.80. The molecule has 0 aliphatic heterocycles. The van der Waals surface area contributed by atoms with E-state index in [4.69, 9.17) is 4.74 Å². The Morgan fingerprint density at radius 3 is 2.75 bits per heavy atom. The van der Waals surface area contributed by atoms with Crippen LogP contribution in [0.2, 0.25) is 0 Å². The van der Waals surface area contributed by atoms with E-state index >= 15 is 0 Å². The molecule has 0 radical (unpaired) electrons. The minimum absolute atomic E-state index is 0. The van der Waals surface area contributed by atoms with Crippen molar-refractivity contribution < 1.29 is 21.7 Å². The molecule has 0 aromatic heterocycles. The van der Waals surface area contributed by atoms with E-state index in [1.807, 2.05) is 24.3 Å². The van der Waals surface area contributed by atoms with Gasteiger partial charge in [-0.15, -0.1) is 16.8 Å². The van der Waals surface area contributed by atoms with Crippen LogP contribution in [0.4, 0.5) is 0 Å². The largest absolute Gasteiger partial charge is 2.00 e. The van der Waals surface area contributed by atoms with Gasteiger partial charge in [0.2, 0.25) is 0 Å². The van der Waals surface area contributed by atoms with Crippen LogP contribution in [0.1, 0.15) is 13.3 Å². The second-order valence-corrected chi connectivity index (χ2v) is 3.28. The third kappa shape index (κ3) is 3.96. The molecule has 0 amide bonds.